The van der Waals surface area contributed by atoms with Gasteiger partial charge in [-0.1, -0.05) is 47.5 Å². The standard InChI is InChI=1S/C13H9Cl2N/c14-12-6-3-1-2-5-11(10-16)9-13(15)8-4-7-12/h1-9H/b2-1-,3-1?,5-2?,6-3-,7-4?,8-4-,11-5?,11-9?,12-6?,12-7-,13-8?,13-9?. The van der Waals surface area contributed by atoms with Crippen LogP contribution >= 0.6 is 23.2 Å². The molecule has 0 N–H and O–H groups in total. The van der Waals surface area contributed by atoms with E-state index in [0.29, 0.717) is 15.6 Å². The Morgan fingerprint density at radius 3 is 2.38 bits per heavy atom. The summed E-state index contributed by atoms with van der Waals surface area (Å²) in [6.07, 6.45) is 15.5. The lowest BCUT2D eigenvalue weighted by molar-refractivity contribution is 1.49. The number of rotatable bonds is 0. The van der Waals surface area contributed by atoms with Crippen molar-refractivity contribution in [3.63, 3.8) is 0 Å². The lowest BCUT2D eigenvalue weighted by Gasteiger charge is -1.90. The largest absolute Gasteiger partial charge is 0.192 e. The second-order valence-corrected chi connectivity index (χ2v) is 3.79. The van der Waals surface area contributed by atoms with Gasteiger partial charge in [-0.2, -0.15) is 5.26 Å². The van der Waals surface area contributed by atoms with E-state index < -0.39 is 0 Å². The van der Waals surface area contributed by atoms with Crippen molar-refractivity contribution in [2.24, 2.45) is 0 Å². The van der Waals surface area contributed by atoms with Gasteiger partial charge in [-0.3, -0.25) is 0 Å². The van der Waals surface area contributed by atoms with Crippen LogP contribution in [0.5, 0.6) is 0 Å². The molecule has 0 fully saturated rings. The van der Waals surface area contributed by atoms with Gasteiger partial charge in [0, 0.05) is 10.1 Å². The summed E-state index contributed by atoms with van der Waals surface area (Å²) in [5.74, 6) is 0. The topological polar surface area (TPSA) is 23.8 Å². The first-order valence-corrected chi connectivity index (χ1v) is 5.34. The summed E-state index contributed by atoms with van der Waals surface area (Å²) >= 11 is 11.8. The van der Waals surface area contributed by atoms with Crippen LogP contribution in [-0.4, -0.2) is 0 Å². The molecule has 0 atom stereocenters. The zero-order valence-electron chi connectivity index (χ0n) is 8.40. The van der Waals surface area contributed by atoms with E-state index in [-0.39, 0.29) is 0 Å². The molecule has 0 heterocycles. The maximum atomic E-state index is 8.83. The molecule has 0 amide bonds. The number of hydrogen-bond acceptors (Lipinski definition) is 1. The van der Waals surface area contributed by atoms with E-state index in [4.69, 9.17) is 28.5 Å². The van der Waals surface area contributed by atoms with Crippen LogP contribution in [0.15, 0.2) is 70.3 Å². The van der Waals surface area contributed by atoms with Crippen molar-refractivity contribution < 1.29 is 0 Å². The zero-order chi connectivity index (χ0) is 11.8. The van der Waals surface area contributed by atoms with Gasteiger partial charge in [0.05, 0.1) is 11.6 Å². The Morgan fingerprint density at radius 1 is 0.875 bits per heavy atom. The smallest absolute Gasteiger partial charge is 0.0992 e. The van der Waals surface area contributed by atoms with Gasteiger partial charge < -0.3 is 0 Å². The molecule has 0 bridgehead atoms. The Hall–Kier alpha value is -1.49. The van der Waals surface area contributed by atoms with Gasteiger partial charge in [-0.05, 0) is 30.4 Å². The van der Waals surface area contributed by atoms with Crippen molar-refractivity contribution in [2.75, 3.05) is 0 Å². The fourth-order valence-corrected chi connectivity index (χ4v) is 1.31. The van der Waals surface area contributed by atoms with Crippen molar-refractivity contribution in [1.29, 1.82) is 5.26 Å². The average molecular weight is 250 g/mol. The Labute approximate surface area is 105 Å². The van der Waals surface area contributed by atoms with Crippen molar-refractivity contribution in [3.05, 3.63) is 70.3 Å². The Balaban J connectivity index is 3.07. The minimum atomic E-state index is 0.478. The first-order valence-electron chi connectivity index (χ1n) is 4.58. The van der Waals surface area contributed by atoms with Gasteiger partial charge in [-0.25, -0.2) is 0 Å². The van der Waals surface area contributed by atoms with E-state index in [0.717, 1.165) is 0 Å². The van der Waals surface area contributed by atoms with Crippen molar-refractivity contribution >= 4 is 23.2 Å². The normalized spacial score (nSPS) is 25.7. The van der Waals surface area contributed by atoms with Gasteiger partial charge >= 0.3 is 0 Å². The van der Waals surface area contributed by atoms with Crippen molar-refractivity contribution in [3.8, 4) is 6.07 Å². The molecule has 1 aliphatic carbocycles. The predicted octanol–water partition coefficient (Wildman–Crippen LogP) is 4.36. The molecule has 0 aromatic heterocycles. The third-order valence-corrected chi connectivity index (χ3v) is 2.17. The highest BCUT2D eigenvalue weighted by Crippen LogP contribution is 2.11. The summed E-state index contributed by atoms with van der Waals surface area (Å²) in [6, 6.07) is 2.04. The predicted molar refractivity (Wildman–Crippen MR) is 69.0 cm³/mol. The quantitative estimate of drug-likeness (QED) is 0.626. The highest BCUT2D eigenvalue weighted by atomic mass is 35.5. The van der Waals surface area contributed by atoms with Crippen molar-refractivity contribution in [1.82, 2.24) is 0 Å². The number of halogens is 2. The third kappa shape index (κ3) is 4.84. The molecule has 1 aliphatic rings. The van der Waals surface area contributed by atoms with Crippen LogP contribution in [0.2, 0.25) is 0 Å². The molecule has 0 spiro atoms. The molecule has 1 nitrogen and oxygen atoms in total. The zero-order valence-corrected chi connectivity index (χ0v) is 9.91. The fraction of sp³-hybridized carbons (Fsp3) is 0. The summed E-state index contributed by atoms with van der Waals surface area (Å²) in [4.78, 5) is 0. The SMILES string of the molecule is N#CC1=C/C=C\C=C/C(Cl)=C/C=C\C(Cl)=C1. The molecule has 0 unspecified atom stereocenters. The van der Waals surface area contributed by atoms with Crippen LogP contribution in [0, 0.1) is 11.3 Å². The van der Waals surface area contributed by atoms with Crippen LogP contribution in [0.4, 0.5) is 0 Å². The molecule has 0 radical (unpaired) electrons. The second-order valence-electron chi connectivity index (χ2n) is 2.92. The number of nitriles is 1. The van der Waals surface area contributed by atoms with E-state index in [1.165, 1.54) is 0 Å². The van der Waals surface area contributed by atoms with Crippen LogP contribution in [0.1, 0.15) is 0 Å². The lowest BCUT2D eigenvalue weighted by Crippen LogP contribution is -1.73. The van der Waals surface area contributed by atoms with Gasteiger partial charge in [0.1, 0.15) is 0 Å². The minimum absolute atomic E-state index is 0.478. The molecule has 3 heteroatoms. The van der Waals surface area contributed by atoms with Crippen LogP contribution in [0.3, 0.4) is 0 Å². The average Bonchev–Trinajstić information content (AvgIpc) is 2.25. The minimum Gasteiger partial charge on any atom is -0.192 e. The molecular formula is C13H9Cl2N. The molecular weight excluding hydrogens is 241 g/mol. The fourth-order valence-electron chi connectivity index (χ4n) is 0.973. The lowest BCUT2D eigenvalue weighted by atomic mass is 10.2. The maximum absolute atomic E-state index is 8.83. The molecule has 0 saturated heterocycles. The van der Waals surface area contributed by atoms with E-state index in [2.05, 4.69) is 0 Å². The summed E-state index contributed by atoms with van der Waals surface area (Å²) in [7, 11) is 0. The molecule has 16 heavy (non-hydrogen) atoms. The summed E-state index contributed by atoms with van der Waals surface area (Å²) in [5.41, 5.74) is 0.495. The highest BCUT2D eigenvalue weighted by Gasteiger charge is 1.91. The summed E-state index contributed by atoms with van der Waals surface area (Å²) in [5, 5.41) is 9.91. The first-order chi connectivity index (χ1) is 7.72. The molecule has 80 valence electrons. The van der Waals surface area contributed by atoms with Gasteiger partial charge in [0.15, 0.2) is 0 Å². The van der Waals surface area contributed by atoms with Crippen LogP contribution in [0.25, 0.3) is 0 Å². The summed E-state index contributed by atoms with van der Waals surface area (Å²) < 4.78 is 0. The number of nitrogens with zero attached hydrogens (tertiary/aromatic N) is 1. The number of allylic oxidation sites excluding steroid dienone is 12. The molecule has 0 aromatic rings. The Bertz CT molecular complexity index is 469. The Morgan fingerprint density at radius 2 is 1.62 bits per heavy atom. The first kappa shape index (κ1) is 12.6. The molecule has 0 aliphatic heterocycles. The van der Waals surface area contributed by atoms with Gasteiger partial charge in [-0.15, -0.1) is 0 Å². The number of hydrogen-bond donors (Lipinski definition) is 0. The van der Waals surface area contributed by atoms with E-state index in [9.17, 15) is 0 Å². The maximum Gasteiger partial charge on any atom is 0.0992 e. The third-order valence-electron chi connectivity index (χ3n) is 1.69. The molecule has 0 saturated carbocycles. The van der Waals surface area contributed by atoms with E-state index in [1.807, 2.05) is 6.07 Å². The van der Waals surface area contributed by atoms with E-state index in [1.54, 1.807) is 54.7 Å². The second kappa shape index (κ2) is 6.90. The van der Waals surface area contributed by atoms with Gasteiger partial charge in [0.2, 0.25) is 0 Å². The monoisotopic (exact) mass is 249 g/mol. The highest BCUT2D eigenvalue weighted by molar-refractivity contribution is 6.32. The van der Waals surface area contributed by atoms with Crippen LogP contribution in [-0.2, 0) is 0 Å². The van der Waals surface area contributed by atoms with Crippen molar-refractivity contribution in [2.45, 2.75) is 0 Å². The molecule has 1 rings (SSSR count). The Kier molecular flexibility index (Phi) is 5.42. The molecule has 0 aromatic carbocycles. The van der Waals surface area contributed by atoms with Crippen LogP contribution < -0.4 is 0 Å². The summed E-state index contributed by atoms with van der Waals surface area (Å²) in [6.45, 7) is 0. The van der Waals surface area contributed by atoms with Gasteiger partial charge in [0.25, 0.3) is 0 Å². The van der Waals surface area contributed by atoms with E-state index >= 15 is 0 Å².